The van der Waals surface area contributed by atoms with E-state index in [1.165, 1.54) is 12.1 Å². The molecule has 1 saturated heterocycles. The molecule has 0 radical (unpaired) electrons. The highest BCUT2D eigenvalue weighted by molar-refractivity contribution is 9.10. The normalized spacial score (nSPS) is 13.8. The minimum atomic E-state index is -0.471. The summed E-state index contributed by atoms with van der Waals surface area (Å²) < 4.78 is 14.3. The fourth-order valence-electron chi connectivity index (χ4n) is 4.58. The van der Waals surface area contributed by atoms with E-state index in [0.717, 1.165) is 18.4 Å². The summed E-state index contributed by atoms with van der Waals surface area (Å²) >= 11 is 3.29. The number of anilines is 1. The molecule has 0 unspecified atom stereocenters. The van der Waals surface area contributed by atoms with Gasteiger partial charge in [-0.1, -0.05) is 34.1 Å². The Morgan fingerprint density at radius 1 is 1.00 bits per heavy atom. The Morgan fingerprint density at radius 2 is 1.71 bits per heavy atom. The predicted octanol–water partition coefficient (Wildman–Crippen LogP) is 6.02. The molecule has 0 aliphatic carbocycles. The Labute approximate surface area is 228 Å². The van der Waals surface area contributed by atoms with E-state index < -0.39 is 5.82 Å². The van der Waals surface area contributed by atoms with E-state index >= 15 is 0 Å². The second kappa shape index (κ2) is 11.2. The molecule has 9 heteroatoms. The van der Waals surface area contributed by atoms with Crippen LogP contribution in [0.5, 0.6) is 0 Å². The zero-order valence-electron chi connectivity index (χ0n) is 20.7. The zero-order chi connectivity index (χ0) is 26.6. The summed E-state index contributed by atoms with van der Waals surface area (Å²) in [5.74, 6) is -0.109. The van der Waals surface area contributed by atoms with Crippen LogP contribution in [0.15, 0.2) is 77.7 Å². The fourth-order valence-corrected chi connectivity index (χ4v) is 5.02. The largest absolute Gasteiger partial charge is 0.339 e. The lowest BCUT2D eigenvalue weighted by Gasteiger charge is -2.32. The monoisotopic (exact) mass is 573 g/mol. The highest BCUT2D eigenvalue weighted by Gasteiger charge is 2.25. The van der Waals surface area contributed by atoms with E-state index in [9.17, 15) is 14.0 Å². The van der Waals surface area contributed by atoms with Gasteiger partial charge in [-0.15, -0.1) is 0 Å². The standard InChI is InChI=1S/C29H25BrFN5O2/c1-18-24(14-22(31)15-25(18)30)28(37)35-23-7-5-19(6-8-23)20-9-12-36(13-10-20)29(38)21-16-33-27(34-17-21)26-4-2-3-11-32-26/h2-8,11,14-17,20H,9-10,12-13H2,1H3,(H,35,37). The van der Waals surface area contributed by atoms with E-state index in [0.29, 0.717) is 51.8 Å². The molecule has 3 heterocycles. The van der Waals surface area contributed by atoms with Gasteiger partial charge in [-0.3, -0.25) is 14.6 Å². The number of carbonyl (C=O) groups excluding carboxylic acids is 2. The highest BCUT2D eigenvalue weighted by Crippen LogP contribution is 2.30. The number of amides is 2. The van der Waals surface area contributed by atoms with Crippen molar-refractivity contribution >= 4 is 33.4 Å². The number of hydrogen-bond acceptors (Lipinski definition) is 5. The van der Waals surface area contributed by atoms with Gasteiger partial charge in [0.25, 0.3) is 11.8 Å². The summed E-state index contributed by atoms with van der Waals surface area (Å²) in [6.07, 6.45) is 6.46. The molecule has 0 saturated carbocycles. The van der Waals surface area contributed by atoms with Crippen LogP contribution >= 0.6 is 15.9 Å². The van der Waals surface area contributed by atoms with Crippen LogP contribution in [0.25, 0.3) is 11.5 Å². The Kier molecular flexibility index (Phi) is 7.55. The van der Waals surface area contributed by atoms with Gasteiger partial charge in [0.15, 0.2) is 5.82 Å². The Hall–Kier alpha value is -3.98. The van der Waals surface area contributed by atoms with Gasteiger partial charge in [0.05, 0.1) is 5.56 Å². The van der Waals surface area contributed by atoms with Gasteiger partial charge in [0, 0.05) is 47.4 Å². The number of likely N-dealkylation sites (tertiary alicyclic amines) is 1. The zero-order valence-corrected chi connectivity index (χ0v) is 22.3. The summed E-state index contributed by atoms with van der Waals surface area (Å²) in [5.41, 5.74) is 3.88. The summed E-state index contributed by atoms with van der Waals surface area (Å²) in [4.78, 5) is 40.4. The molecule has 5 rings (SSSR count). The van der Waals surface area contributed by atoms with Crippen LogP contribution in [0.2, 0.25) is 0 Å². The van der Waals surface area contributed by atoms with Gasteiger partial charge >= 0.3 is 0 Å². The van der Waals surface area contributed by atoms with Crippen LogP contribution in [0.4, 0.5) is 10.1 Å². The van der Waals surface area contributed by atoms with Crippen molar-refractivity contribution in [3.05, 3.63) is 106 Å². The van der Waals surface area contributed by atoms with Gasteiger partial charge < -0.3 is 10.2 Å². The number of nitrogens with zero attached hydrogens (tertiary/aromatic N) is 4. The third-order valence-corrected chi connectivity index (χ3v) is 7.59. The number of pyridine rings is 1. The summed E-state index contributed by atoms with van der Waals surface area (Å²) in [7, 11) is 0. The number of carbonyl (C=O) groups is 2. The Bertz CT molecular complexity index is 1460. The molecule has 38 heavy (non-hydrogen) atoms. The first-order chi connectivity index (χ1) is 18.4. The third-order valence-electron chi connectivity index (χ3n) is 6.77. The molecule has 2 amide bonds. The molecule has 1 aliphatic heterocycles. The minimum Gasteiger partial charge on any atom is -0.339 e. The van der Waals surface area contributed by atoms with Crippen LogP contribution in [-0.4, -0.2) is 44.8 Å². The Morgan fingerprint density at radius 3 is 2.37 bits per heavy atom. The van der Waals surface area contributed by atoms with Crippen molar-refractivity contribution in [2.24, 2.45) is 0 Å². The summed E-state index contributed by atoms with van der Waals surface area (Å²) in [6.45, 7) is 3.04. The molecule has 4 aromatic rings. The maximum Gasteiger partial charge on any atom is 0.256 e. The van der Waals surface area contributed by atoms with Crippen LogP contribution in [0, 0.1) is 12.7 Å². The molecule has 0 spiro atoms. The first-order valence-corrected chi connectivity index (χ1v) is 13.1. The summed E-state index contributed by atoms with van der Waals surface area (Å²) in [5, 5.41) is 2.84. The van der Waals surface area contributed by atoms with Crippen LogP contribution in [0.3, 0.4) is 0 Å². The van der Waals surface area contributed by atoms with Crippen LogP contribution in [-0.2, 0) is 0 Å². The molecule has 2 aromatic carbocycles. The van der Waals surface area contributed by atoms with Crippen molar-refractivity contribution in [3.8, 4) is 11.5 Å². The molecule has 1 aliphatic rings. The van der Waals surface area contributed by atoms with Gasteiger partial charge in [0.2, 0.25) is 0 Å². The van der Waals surface area contributed by atoms with Crippen molar-refractivity contribution < 1.29 is 14.0 Å². The maximum atomic E-state index is 13.8. The predicted molar refractivity (Wildman–Crippen MR) is 146 cm³/mol. The number of aromatic nitrogens is 3. The first kappa shape index (κ1) is 25.7. The van der Waals surface area contributed by atoms with E-state index in [1.54, 1.807) is 25.5 Å². The molecule has 0 bridgehead atoms. The molecule has 1 fully saturated rings. The van der Waals surface area contributed by atoms with Gasteiger partial charge in [-0.25, -0.2) is 14.4 Å². The maximum absolute atomic E-state index is 13.8. The smallest absolute Gasteiger partial charge is 0.256 e. The average Bonchev–Trinajstić information content (AvgIpc) is 2.95. The van der Waals surface area contributed by atoms with Crippen molar-refractivity contribution in [1.29, 1.82) is 0 Å². The molecule has 192 valence electrons. The second-order valence-electron chi connectivity index (χ2n) is 9.21. The van der Waals surface area contributed by atoms with E-state index in [-0.39, 0.29) is 17.4 Å². The molecule has 0 atom stereocenters. The molecule has 2 aromatic heterocycles. The minimum absolute atomic E-state index is 0.0756. The number of piperidine rings is 1. The average molecular weight is 574 g/mol. The lowest BCUT2D eigenvalue weighted by molar-refractivity contribution is 0.0712. The third kappa shape index (κ3) is 5.62. The Balaban J connectivity index is 1.17. The lowest BCUT2D eigenvalue weighted by Crippen LogP contribution is -2.38. The van der Waals surface area contributed by atoms with Gasteiger partial charge in [-0.05, 0) is 73.2 Å². The van der Waals surface area contributed by atoms with E-state index in [4.69, 9.17) is 0 Å². The van der Waals surface area contributed by atoms with Crippen LogP contribution in [0.1, 0.15) is 50.6 Å². The second-order valence-corrected chi connectivity index (χ2v) is 10.1. The van der Waals surface area contributed by atoms with Crippen molar-refractivity contribution in [1.82, 2.24) is 19.9 Å². The molecule has 1 N–H and O–H groups in total. The van der Waals surface area contributed by atoms with E-state index in [2.05, 4.69) is 36.2 Å². The number of benzene rings is 2. The lowest BCUT2D eigenvalue weighted by atomic mass is 9.89. The number of hydrogen-bond donors (Lipinski definition) is 1. The van der Waals surface area contributed by atoms with Crippen molar-refractivity contribution in [3.63, 3.8) is 0 Å². The number of halogens is 2. The van der Waals surface area contributed by atoms with Gasteiger partial charge in [-0.2, -0.15) is 0 Å². The molecular formula is C29H25BrFN5O2. The topological polar surface area (TPSA) is 88.1 Å². The van der Waals surface area contributed by atoms with E-state index in [1.807, 2.05) is 47.4 Å². The van der Waals surface area contributed by atoms with Crippen molar-refractivity contribution in [2.45, 2.75) is 25.7 Å². The highest BCUT2D eigenvalue weighted by atomic mass is 79.9. The van der Waals surface area contributed by atoms with Gasteiger partial charge in [0.1, 0.15) is 11.5 Å². The quantitative estimate of drug-likeness (QED) is 0.315. The SMILES string of the molecule is Cc1c(Br)cc(F)cc1C(=O)Nc1ccc(C2CCN(C(=O)c3cnc(-c4ccccn4)nc3)CC2)cc1. The number of nitrogens with one attached hydrogen (secondary N) is 1. The molecular weight excluding hydrogens is 549 g/mol. The van der Waals surface area contributed by atoms with Crippen LogP contribution < -0.4 is 5.32 Å². The number of rotatable bonds is 5. The first-order valence-electron chi connectivity index (χ1n) is 12.3. The fraction of sp³-hybridized carbons (Fsp3) is 0.207. The molecule has 7 nitrogen and oxygen atoms in total. The van der Waals surface area contributed by atoms with Crippen molar-refractivity contribution in [2.75, 3.05) is 18.4 Å². The summed E-state index contributed by atoms with van der Waals surface area (Å²) in [6, 6.07) is 15.8.